The summed E-state index contributed by atoms with van der Waals surface area (Å²) in [6, 6.07) is 6.49. The molecule has 2 N–H and O–H groups in total. The summed E-state index contributed by atoms with van der Waals surface area (Å²) in [6.07, 6.45) is 6.41. The molecule has 1 fully saturated rings. The first-order valence-corrected chi connectivity index (χ1v) is 7.98. The van der Waals surface area contributed by atoms with Gasteiger partial charge in [0, 0.05) is 12.6 Å². The Morgan fingerprint density at radius 1 is 1.40 bits per heavy atom. The first-order chi connectivity index (χ1) is 9.83. The highest BCUT2D eigenvalue weighted by molar-refractivity contribution is 7.13. The summed E-state index contributed by atoms with van der Waals surface area (Å²) in [5, 5.41) is 14.4. The third-order valence-corrected chi connectivity index (χ3v) is 4.55. The Kier molecular flexibility index (Phi) is 4.50. The molecule has 1 aliphatic carbocycles. The molecular weight excluding hydrogens is 272 g/mol. The first kappa shape index (κ1) is 13.8. The number of fused-ring (bicyclic) bond motifs is 1. The van der Waals surface area contributed by atoms with Crippen molar-refractivity contribution in [3.05, 3.63) is 24.4 Å². The van der Waals surface area contributed by atoms with E-state index < -0.39 is 6.10 Å². The van der Waals surface area contributed by atoms with Crippen molar-refractivity contribution in [3.8, 4) is 5.75 Å². The SMILES string of the molecule is OC(CNC1CCCC1)COc1cccc2sncc12. The van der Waals surface area contributed by atoms with Crippen LogP contribution >= 0.6 is 11.5 Å². The molecule has 0 spiro atoms. The molecule has 0 saturated heterocycles. The van der Waals surface area contributed by atoms with Crippen molar-refractivity contribution in [2.45, 2.75) is 37.8 Å². The lowest BCUT2D eigenvalue weighted by Gasteiger charge is -2.17. The van der Waals surface area contributed by atoms with E-state index in [0.29, 0.717) is 19.2 Å². The standard InChI is InChI=1S/C15H20N2O2S/c18-12(8-16-11-4-1-2-5-11)10-19-14-6-3-7-15-13(14)9-17-20-15/h3,6-7,9,11-12,16,18H,1-2,4-5,8,10H2. The highest BCUT2D eigenvalue weighted by atomic mass is 32.1. The van der Waals surface area contributed by atoms with Crippen LogP contribution in [0.5, 0.6) is 5.75 Å². The number of aliphatic hydroxyl groups excluding tert-OH is 1. The lowest BCUT2D eigenvalue weighted by molar-refractivity contribution is 0.104. The van der Waals surface area contributed by atoms with Crippen LogP contribution in [-0.4, -0.2) is 34.8 Å². The van der Waals surface area contributed by atoms with Crippen molar-refractivity contribution >= 4 is 21.6 Å². The third kappa shape index (κ3) is 3.29. The monoisotopic (exact) mass is 292 g/mol. The van der Waals surface area contributed by atoms with E-state index in [-0.39, 0.29) is 0 Å². The number of hydrogen-bond donors (Lipinski definition) is 2. The summed E-state index contributed by atoms with van der Waals surface area (Å²) < 4.78 is 11.0. The Labute approximate surface area is 122 Å². The smallest absolute Gasteiger partial charge is 0.129 e. The van der Waals surface area contributed by atoms with E-state index in [1.807, 2.05) is 24.4 Å². The van der Waals surface area contributed by atoms with E-state index in [2.05, 4.69) is 9.69 Å². The number of benzene rings is 1. The molecular formula is C15H20N2O2S. The fourth-order valence-electron chi connectivity index (χ4n) is 2.67. The number of aliphatic hydroxyl groups is 1. The maximum atomic E-state index is 9.99. The van der Waals surface area contributed by atoms with E-state index in [1.165, 1.54) is 37.2 Å². The van der Waals surface area contributed by atoms with Gasteiger partial charge in [0.1, 0.15) is 18.5 Å². The molecule has 5 heteroatoms. The Morgan fingerprint density at radius 3 is 3.10 bits per heavy atom. The fourth-order valence-corrected chi connectivity index (χ4v) is 3.33. The molecule has 1 aromatic heterocycles. The van der Waals surface area contributed by atoms with Gasteiger partial charge < -0.3 is 15.2 Å². The summed E-state index contributed by atoms with van der Waals surface area (Å²) in [7, 11) is 0. The van der Waals surface area contributed by atoms with E-state index in [4.69, 9.17) is 4.74 Å². The van der Waals surface area contributed by atoms with Gasteiger partial charge in [0.15, 0.2) is 0 Å². The highest BCUT2D eigenvalue weighted by Gasteiger charge is 2.16. The number of aromatic nitrogens is 1. The quantitative estimate of drug-likeness (QED) is 0.859. The predicted molar refractivity (Wildman–Crippen MR) is 81.4 cm³/mol. The van der Waals surface area contributed by atoms with Crippen molar-refractivity contribution in [2.24, 2.45) is 0 Å². The van der Waals surface area contributed by atoms with Gasteiger partial charge >= 0.3 is 0 Å². The van der Waals surface area contributed by atoms with Crippen LogP contribution in [0.1, 0.15) is 25.7 Å². The molecule has 1 saturated carbocycles. The lowest BCUT2D eigenvalue weighted by Crippen LogP contribution is -2.36. The molecule has 1 aromatic carbocycles. The fraction of sp³-hybridized carbons (Fsp3) is 0.533. The zero-order valence-electron chi connectivity index (χ0n) is 11.4. The Hall–Kier alpha value is -1.17. The van der Waals surface area contributed by atoms with Crippen LogP contribution in [0.2, 0.25) is 0 Å². The molecule has 0 amide bonds. The molecule has 20 heavy (non-hydrogen) atoms. The minimum Gasteiger partial charge on any atom is -0.490 e. The van der Waals surface area contributed by atoms with Crippen LogP contribution in [0, 0.1) is 0 Å². The molecule has 0 radical (unpaired) electrons. The van der Waals surface area contributed by atoms with Crippen LogP contribution < -0.4 is 10.1 Å². The molecule has 1 aliphatic rings. The average molecular weight is 292 g/mol. The third-order valence-electron chi connectivity index (χ3n) is 3.79. The van der Waals surface area contributed by atoms with Crippen molar-refractivity contribution in [2.75, 3.05) is 13.2 Å². The zero-order chi connectivity index (χ0) is 13.8. The van der Waals surface area contributed by atoms with Crippen LogP contribution in [0.15, 0.2) is 24.4 Å². The van der Waals surface area contributed by atoms with Crippen LogP contribution in [0.4, 0.5) is 0 Å². The van der Waals surface area contributed by atoms with Gasteiger partial charge in [0.05, 0.1) is 16.3 Å². The van der Waals surface area contributed by atoms with Gasteiger partial charge in [-0.3, -0.25) is 0 Å². The van der Waals surface area contributed by atoms with Crippen molar-refractivity contribution in [1.29, 1.82) is 0 Å². The first-order valence-electron chi connectivity index (χ1n) is 7.20. The predicted octanol–water partition coefficient (Wildman–Crippen LogP) is 2.57. The van der Waals surface area contributed by atoms with Gasteiger partial charge in [0.2, 0.25) is 0 Å². The maximum absolute atomic E-state index is 9.99. The summed E-state index contributed by atoms with van der Waals surface area (Å²) in [6.45, 7) is 0.914. The summed E-state index contributed by atoms with van der Waals surface area (Å²) in [5.41, 5.74) is 0. The summed E-state index contributed by atoms with van der Waals surface area (Å²) in [5.74, 6) is 0.802. The second kappa shape index (κ2) is 6.52. The Balaban J connectivity index is 1.49. The molecule has 3 rings (SSSR count). The van der Waals surface area contributed by atoms with Crippen molar-refractivity contribution in [1.82, 2.24) is 9.69 Å². The van der Waals surface area contributed by atoms with E-state index >= 15 is 0 Å². The summed E-state index contributed by atoms with van der Waals surface area (Å²) >= 11 is 1.46. The molecule has 108 valence electrons. The van der Waals surface area contributed by atoms with Crippen LogP contribution in [0.3, 0.4) is 0 Å². The van der Waals surface area contributed by atoms with Crippen molar-refractivity contribution < 1.29 is 9.84 Å². The van der Waals surface area contributed by atoms with Gasteiger partial charge in [-0.05, 0) is 36.5 Å². The lowest BCUT2D eigenvalue weighted by atomic mass is 10.2. The average Bonchev–Trinajstić information content (AvgIpc) is 3.13. The summed E-state index contributed by atoms with van der Waals surface area (Å²) in [4.78, 5) is 0. The van der Waals surface area contributed by atoms with Crippen LogP contribution in [-0.2, 0) is 0 Å². The normalized spacial score (nSPS) is 17.6. The largest absolute Gasteiger partial charge is 0.490 e. The maximum Gasteiger partial charge on any atom is 0.129 e. The number of nitrogens with zero attached hydrogens (tertiary/aromatic N) is 1. The van der Waals surface area contributed by atoms with Crippen LogP contribution in [0.25, 0.3) is 10.1 Å². The second-order valence-corrected chi connectivity index (χ2v) is 6.18. The van der Waals surface area contributed by atoms with E-state index in [9.17, 15) is 5.11 Å². The van der Waals surface area contributed by atoms with Gasteiger partial charge in [-0.25, -0.2) is 0 Å². The molecule has 2 aromatic rings. The van der Waals surface area contributed by atoms with Crippen molar-refractivity contribution in [3.63, 3.8) is 0 Å². The van der Waals surface area contributed by atoms with Gasteiger partial charge in [0.25, 0.3) is 0 Å². The van der Waals surface area contributed by atoms with Gasteiger partial charge in [-0.2, -0.15) is 4.37 Å². The second-order valence-electron chi connectivity index (χ2n) is 5.35. The Bertz CT molecular complexity index is 552. The van der Waals surface area contributed by atoms with Gasteiger partial charge in [-0.15, -0.1) is 0 Å². The number of nitrogens with one attached hydrogen (secondary N) is 1. The van der Waals surface area contributed by atoms with E-state index in [0.717, 1.165) is 15.8 Å². The molecule has 1 unspecified atom stereocenters. The molecule has 1 atom stereocenters. The number of rotatable bonds is 6. The van der Waals surface area contributed by atoms with Gasteiger partial charge in [-0.1, -0.05) is 18.9 Å². The number of ether oxygens (including phenoxy) is 1. The highest BCUT2D eigenvalue weighted by Crippen LogP contribution is 2.27. The van der Waals surface area contributed by atoms with E-state index in [1.54, 1.807) is 0 Å². The minimum absolute atomic E-state index is 0.314. The molecule has 4 nitrogen and oxygen atoms in total. The minimum atomic E-state index is -0.475. The Morgan fingerprint density at radius 2 is 2.25 bits per heavy atom. The molecule has 1 heterocycles. The molecule has 0 aliphatic heterocycles. The number of hydrogen-bond acceptors (Lipinski definition) is 5. The zero-order valence-corrected chi connectivity index (χ0v) is 12.2. The molecule has 0 bridgehead atoms. The topological polar surface area (TPSA) is 54.4 Å².